The molecule has 5 nitrogen and oxygen atoms in total. The third kappa shape index (κ3) is 23.1. The molecule has 0 aromatic heterocycles. The molecule has 0 aliphatic heterocycles. The summed E-state index contributed by atoms with van der Waals surface area (Å²) in [5.41, 5.74) is 0.462. The average Bonchev–Trinajstić information content (AvgIpc) is 1.98. The van der Waals surface area contributed by atoms with Crippen molar-refractivity contribution >= 4 is 17.3 Å². The zero-order valence-corrected chi connectivity index (χ0v) is 12.5. The first kappa shape index (κ1) is 20.3. The molecule has 0 fully saturated rings. The molecule has 14 heavy (non-hydrogen) atoms. The smallest absolute Gasteiger partial charge is 0.750 e. The Morgan fingerprint density at radius 1 is 1.64 bits per heavy atom. The third-order valence-electron chi connectivity index (χ3n) is 0.786. The number of carbonyl (C=O) groups is 1. The Balaban J connectivity index is -0.000000209. The summed E-state index contributed by atoms with van der Waals surface area (Å²) in [6, 6.07) is 0. The van der Waals surface area contributed by atoms with Crippen LogP contribution >= 0.6 is 0 Å². The van der Waals surface area contributed by atoms with Crippen LogP contribution in [0.2, 0.25) is 0 Å². The van der Waals surface area contributed by atoms with E-state index in [2.05, 4.69) is 6.58 Å². The van der Waals surface area contributed by atoms with Crippen LogP contribution in [0, 0.1) is 0 Å². The number of esters is 1. The van der Waals surface area contributed by atoms with Gasteiger partial charge in [0, 0.05) is 5.57 Å². The average molecular weight is 248 g/mol. The summed E-state index contributed by atoms with van der Waals surface area (Å²) in [4.78, 5) is 10.6. The van der Waals surface area contributed by atoms with Crippen LogP contribution in [0.1, 0.15) is 20.3 Å². The van der Waals surface area contributed by atoms with Crippen LogP contribution in [-0.4, -0.2) is 25.9 Å². The van der Waals surface area contributed by atoms with Gasteiger partial charge in [-0.3, -0.25) is 0 Å². The second-order valence-electron chi connectivity index (χ2n) is 2.13. The van der Waals surface area contributed by atoms with Crippen LogP contribution in [0.5, 0.6) is 0 Å². The van der Waals surface area contributed by atoms with Crippen molar-refractivity contribution in [1.29, 1.82) is 0 Å². The summed E-state index contributed by atoms with van der Waals surface area (Å²) < 4.78 is 28.8. The standard InChI is InChI=1S/C7H12O2.K.H2O3S/c1-4-5-9-7(8)6(2)3;;1-4(2)3/h2,4-5H2,1,3H3;;(H2,1,2,3)/q;+1;/p-1. The summed E-state index contributed by atoms with van der Waals surface area (Å²) in [5.74, 6) is -0.295. The van der Waals surface area contributed by atoms with Gasteiger partial charge in [0.25, 0.3) is 0 Å². The Hall–Kier alpha value is 0.916. The minimum Gasteiger partial charge on any atom is -0.750 e. The van der Waals surface area contributed by atoms with E-state index in [1.807, 2.05) is 6.92 Å². The van der Waals surface area contributed by atoms with Crippen molar-refractivity contribution in [3.8, 4) is 0 Å². The molecule has 7 heteroatoms. The monoisotopic (exact) mass is 248 g/mol. The molecule has 0 aromatic rings. The van der Waals surface area contributed by atoms with Crippen LogP contribution in [-0.2, 0) is 20.9 Å². The van der Waals surface area contributed by atoms with Gasteiger partial charge in [-0.15, -0.1) is 0 Å². The first-order chi connectivity index (χ1) is 5.91. The van der Waals surface area contributed by atoms with Crippen LogP contribution in [0.25, 0.3) is 0 Å². The van der Waals surface area contributed by atoms with Gasteiger partial charge < -0.3 is 13.8 Å². The summed E-state index contributed by atoms with van der Waals surface area (Å²) in [6.45, 7) is 7.51. The van der Waals surface area contributed by atoms with Gasteiger partial charge in [0.1, 0.15) is 0 Å². The molecule has 0 radical (unpaired) electrons. The van der Waals surface area contributed by atoms with Crippen LogP contribution in [0.3, 0.4) is 0 Å². The number of hydrogen-bond donors (Lipinski definition) is 1. The zero-order chi connectivity index (χ0) is 10.9. The van der Waals surface area contributed by atoms with E-state index in [9.17, 15) is 4.79 Å². The Morgan fingerprint density at radius 3 is 2.21 bits per heavy atom. The van der Waals surface area contributed by atoms with E-state index < -0.39 is 11.4 Å². The molecule has 78 valence electrons. The molecule has 0 aromatic carbocycles. The maximum atomic E-state index is 10.6. The normalized spacial score (nSPS) is 10.0. The van der Waals surface area contributed by atoms with Crippen molar-refractivity contribution in [3.63, 3.8) is 0 Å². The maximum Gasteiger partial charge on any atom is 1.00 e. The maximum absolute atomic E-state index is 10.6. The SMILES string of the molecule is C=C(C)C(=O)OCCC.O=S([O-])O.[K+]. The molecule has 0 rings (SSSR count). The topological polar surface area (TPSA) is 86.7 Å². The van der Waals surface area contributed by atoms with E-state index in [0.717, 1.165) is 6.42 Å². The van der Waals surface area contributed by atoms with Crippen LogP contribution in [0.15, 0.2) is 12.2 Å². The van der Waals surface area contributed by atoms with Gasteiger partial charge in [-0.05, 0) is 13.3 Å². The molecular formula is C7H13KO5S. The molecule has 1 unspecified atom stereocenters. The van der Waals surface area contributed by atoms with Crippen molar-refractivity contribution in [2.24, 2.45) is 0 Å². The fourth-order valence-electron chi connectivity index (χ4n) is 0.318. The van der Waals surface area contributed by atoms with Gasteiger partial charge in [0.05, 0.1) is 18.0 Å². The minimum absolute atomic E-state index is 0. The van der Waals surface area contributed by atoms with Gasteiger partial charge in [0.2, 0.25) is 0 Å². The van der Waals surface area contributed by atoms with Gasteiger partial charge in [-0.25, -0.2) is 9.00 Å². The molecule has 1 atom stereocenters. The Bertz CT molecular complexity index is 191. The third-order valence-corrected chi connectivity index (χ3v) is 0.786. The summed E-state index contributed by atoms with van der Waals surface area (Å²) in [5, 5.41) is 0. The Morgan fingerprint density at radius 2 is 2.00 bits per heavy atom. The predicted octanol–water partition coefficient (Wildman–Crippen LogP) is -2.14. The van der Waals surface area contributed by atoms with Gasteiger partial charge in [-0.2, -0.15) is 0 Å². The van der Waals surface area contributed by atoms with E-state index in [1.165, 1.54) is 0 Å². The molecule has 0 saturated carbocycles. The first-order valence-corrected chi connectivity index (χ1v) is 4.56. The Kier molecular flexibility index (Phi) is 20.2. The van der Waals surface area contributed by atoms with E-state index in [1.54, 1.807) is 6.92 Å². The molecule has 0 aliphatic carbocycles. The Labute approximate surface area is 129 Å². The summed E-state index contributed by atoms with van der Waals surface area (Å²) in [6.07, 6.45) is 0.860. The second-order valence-corrected chi connectivity index (χ2v) is 2.57. The van der Waals surface area contributed by atoms with Crippen molar-refractivity contribution < 1.29 is 74.2 Å². The predicted molar refractivity (Wildman–Crippen MR) is 47.6 cm³/mol. The molecule has 0 amide bonds. The molecule has 0 bridgehead atoms. The quantitative estimate of drug-likeness (QED) is 0.266. The van der Waals surface area contributed by atoms with Crippen molar-refractivity contribution in [2.75, 3.05) is 6.61 Å². The van der Waals surface area contributed by atoms with E-state index in [0.29, 0.717) is 12.2 Å². The van der Waals surface area contributed by atoms with Gasteiger partial charge in [-0.1, -0.05) is 13.5 Å². The van der Waals surface area contributed by atoms with Gasteiger partial charge >= 0.3 is 57.4 Å². The second kappa shape index (κ2) is 13.9. The van der Waals surface area contributed by atoms with E-state index in [4.69, 9.17) is 18.1 Å². The molecule has 0 aliphatic rings. The first-order valence-electron chi connectivity index (χ1n) is 3.52. The summed E-state index contributed by atoms with van der Waals surface area (Å²) in [7, 11) is 0. The summed E-state index contributed by atoms with van der Waals surface area (Å²) >= 11 is -2.86. The number of carbonyl (C=O) groups excluding carboxylic acids is 1. The van der Waals surface area contributed by atoms with E-state index in [-0.39, 0.29) is 57.4 Å². The van der Waals surface area contributed by atoms with Crippen LogP contribution < -0.4 is 51.4 Å². The fourth-order valence-corrected chi connectivity index (χ4v) is 0.318. The molecule has 0 spiro atoms. The van der Waals surface area contributed by atoms with Crippen molar-refractivity contribution in [1.82, 2.24) is 0 Å². The molecule has 0 saturated heterocycles. The largest absolute Gasteiger partial charge is 1.00 e. The van der Waals surface area contributed by atoms with Gasteiger partial charge in [0.15, 0.2) is 0 Å². The number of rotatable bonds is 3. The van der Waals surface area contributed by atoms with E-state index >= 15 is 0 Å². The fraction of sp³-hybridized carbons (Fsp3) is 0.571. The molecule has 1 N–H and O–H groups in total. The minimum atomic E-state index is -2.86. The molecule has 0 heterocycles. The van der Waals surface area contributed by atoms with Crippen molar-refractivity contribution in [3.05, 3.63) is 12.2 Å². The zero-order valence-electron chi connectivity index (χ0n) is 8.61. The number of hydrogen-bond acceptors (Lipinski definition) is 4. The molecular weight excluding hydrogens is 235 g/mol. The van der Waals surface area contributed by atoms with Crippen molar-refractivity contribution in [2.45, 2.75) is 20.3 Å². The number of ether oxygens (including phenoxy) is 1. The van der Waals surface area contributed by atoms with Crippen LogP contribution in [0.4, 0.5) is 0 Å².